The van der Waals surface area contributed by atoms with Crippen LogP contribution in [0.3, 0.4) is 0 Å². The number of nitrogens with one attached hydrogen (secondary N) is 1. The maximum Gasteiger partial charge on any atom is 0.334 e. The standard InChI is InChI=1S/C19H22N6O6/c1-29-10-3-4-11(30-2)9(5-10)6-21-16-13-17(23-7-22-16)25(8-24-13)18-14(26)12(20)15(31-18)19(27)28/h3-5,7-8,12,14-15,18,26H,6,20H2,1-2H3,(H,27,28)(H,21,22,23)/t12-,14+,15-,18+/m0/s1. The van der Waals surface area contributed by atoms with Gasteiger partial charge in [0.15, 0.2) is 29.3 Å². The van der Waals surface area contributed by atoms with Crippen LogP contribution < -0.4 is 20.5 Å². The first-order valence-electron chi connectivity index (χ1n) is 9.38. The van der Waals surface area contributed by atoms with E-state index in [-0.39, 0.29) is 0 Å². The van der Waals surface area contributed by atoms with Crippen molar-refractivity contribution in [2.75, 3.05) is 19.5 Å². The maximum atomic E-state index is 11.3. The molecular weight excluding hydrogens is 408 g/mol. The second-order valence-corrected chi connectivity index (χ2v) is 6.93. The number of nitrogens with two attached hydrogens (primary N) is 1. The van der Waals surface area contributed by atoms with Crippen molar-refractivity contribution in [1.82, 2.24) is 19.5 Å². The van der Waals surface area contributed by atoms with Gasteiger partial charge in [-0.15, -0.1) is 0 Å². The lowest BCUT2D eigenvalue weighted by Crippen LogP contribution is -2.43. The summed E-state index contributed by atoms with van der Waals surface area (Å²) in [7, 11) is 3.16. The van der Waals surface area contributed by atoms with E-state index in [0.29, 0.717) is 35.0 Å². The van der Waals surface area contributed by atoms with Crippen LogP contribution in [0.25, 0.3) is 11.2 Å². The minimum Gasteiger partial charge on any atom is -0.497 e. The number of rotatable bonds is 7. The zero-order valence-corrected chi connectivity index (χ0v) is 16.8. The minimum atomic E-state index is -1.34. The predicted octanol–water partition coefficient (Wildman–Crippen LogP) is 0.126. The van der Waals surface area contributed by atoms with E-state index in [0.717, 1.165) is 5.56 Å². The molecule has 0 amide bonds. The van der Waals surface area contributed by atoms with E-state index in [1.807, 2.05) is 6.07 Å². The van der Waals surface area contributed by atoms with Crippen LogP contribution in [0.5, 0.6) is 11.5 Å². The third-order valence-corrected chi connectivity index (χ3v) is 5.13. The first-order valence-corrected chi connectivity index (χ1v) is 9.38. The van der Waals surface area contributed by atoms with Gasteiger partial charge in [0, 0.05) is 12.1 Å². The van der Waals surface area contributed by atoms with Crippen molar-refractivity contribution < 1.29 is 29.2 Å². The lowest BCUT2D eigenvalue weighted by atomic mass is 10.1. The second kappa shape index (κ2) is 8.34. The van der Waals surface area contributed by atoms with E-state index in [9.17, 15) is 15.0 Å². The number of aliphatic hydroxyl groups is 1. The fraction of sp³-hybridized carbons (Fsp3) is 0.368. The summed E-state index contributed by atoms with van der Waals surface area (Å²) in [6.07, 6.45) is -0.881. The number of methoxy groups -OCH3 is 2. The number of imidazole rings is 1. The Labute approximate surface area is 176 Å². The molecule has 12 heteroatoms. The third-order valence-electron chi connectivity index (χ3n) is 5.13. The fourth-order valence-electron chi connectivity index (χ4n) is 3.51. The number of aliphatic hydroxyl groups excluding tert-OH is 1. The van der Waals surface area contributed by atoms with Crippen LogP contribution >= 0.6 is 0 Å². The topological polar surface area (TPSA) is 167 Å². The van der Waals surface area contributed by atoms with E-state index in [1.165, 1.54) is 17.2 Å². The monoisotopic (exact) mass is 430 g/mol. The zero-order chi connectivity index (χ0) is 22.1. The number of fused-ring (bicyclic) bond motifs is 1. The summed E-state index contributed by atoms with van der Waals surface area (Å²) in [5.41, 5.74) is 7.43. The summed E-state index contributed by atoms with van der Waals surface area (Å²) in [6.45, 7) is 0.369. The third kappa shape index (κ3) is 3.71. The molecule has 0 bridgehead atoms. The summed E-state index contributed by atoms with van der Waals surface area (Å²) in [6, 6.07) is 4.37. The Morgan fingerprint density at radius 2 is 2.10 bits per heavy atom. The maximum absolute atomic E-state index is 11.3. The molecule has 2 aromatic heterocycles. The summed E-state index contributed by atoms with van der Waals surface area (Å²) in [5, 5.41) is 22.8. The van der Waals surface area contributed by atoms with E-state index in [1.54, 1.807) is 26.4 Å². The Balaban J connectivity index is 1.61. The molecule has 164 valence electrons. The number of carboxylic acid groups (broad SMARTS) is 1. The number of anilines is 1. The highest BCUT2D eigenvalue weighted by Crippen LogP contribution is 2.32. The van der Waals surface area contributed by atoms with Crippen molar-refractivity contribution in [2.45, 2.75) is 31.0 Å². The van der Waals surface area contributed by atoms with Crippen molar-refractivity contribution in [3.05, 3.63) is 36.4 Å². The van der Waals surface area contributed by atoms with E-state index in [2.05, 4.69) is 20.3 Å². The lowest BCUT2D eigenvalue weighted by Gasteiger charge is -2.16. The highest BCUT2D eigenvalue weighted by atomic mass is 16.6. The highest BCUT2D eigenvalue weighted by Gasteiger charge is 2.46. The zero-order valence-electron chi connectivity index (χ0n) is 16.8. The van der Waals surface area contributed by atoms with Crippen LogP contribution in [-0.4, -0.2) is 68.2 Å². The molecule has 0 unspecified atom stereocenters. The van der Waals surface area contributed by atoms with Crippen molar-refractivity contribution >= 4 is 23.0 Å². The van der Waals surface area contributed by atoms with Crippen LogP contribution in [0, 0.1) is 0 Å². The van der Waals surface area contributed by atoms with E-state index in [4.69, 9.17) is 19.9 Å². The van der Waals surface area contributed by atoms with Crippen LogP contribution in [-0.2, 0) is 16.1 Å². The molecule has 1 saturated heterocycles. The Kier molecular flexibility index (Phi) is 5.59. The Morgan fingerprint density at radius 1 is 1.29 bits per heavy atom. The lowest BCUT2D eigenvalue weighted by molar-refractivity contribution is -0.152. The van der Waals surface area contributed by atoms with Gasteiger partial charge < -0.3 is 35.5 Å². The Bertz CT molecular complexity index is 1100. The molecule has 5 N–H and O–H groups in total. The van der Waals surface area contributed by atoms with Crippen molar-refractivity contribution in [3.63, 3.8) is 0 Å². The fourth-order valence-corrected chi connectivity index (χ4v) is 3.51. The number of nitrogens with zero attached hydrogens (tertiary/aromatic N) is 4. The van der Waals surface area contributed by atoms with E-state index < -0.39 is 30.4 Å². The Hall–Kier alpha value is -3.48. The SMILES string of the molecule is COc1ccc(OC)c(CNc2ncnc3c2ncn3[C@@H]2O[C@H](C(=O)O)[C@@H](N)[C@H]2O)c1. The number of hydrogen-bond donors (Lipinski definition) is 4. The minimum absolute atomic E-state index is 0.359. The average molecular weight is 430 g/mol. The molecule has 0 radical (unpaired) electrons. The molecule has 0 aliphatic carbocycles. The predicted molar refractivity (Wildman–Crippen MR) is 108 cm³/mol. The quantitative estimate of drug-likeness (QED) is 0.402. The molecule has 1 aliphatic rings. The van der Waals surface area contributed by atoms with Gasteiger partial charge in [-0.2, -0.15) is 0 Å². The van der Waals surface area contributed by atoms with Crippen LogP contribution in [0.1, 0.15) is 11.8 Å². The molecule has 4 atom stereocenters. The average Bonchev–Trinajstić information content (AvgIpc) is 3.33. The molecule has 0 saturated carbocycles. The van der Waals surface area contributed by atoms with Gasteiger partial charge in [-0.25, -0.2) is 19.7 Å². The van der Waals surface area contributed by atoms with Gasteiger partial charge in [-0.1, -0.05) is 0 Å². The van der Waals surface area contributed by atoms with E-state index >= 15 is 0 Å². The summed E-state index contributed by atoms with van der Waals surface area (Å²) in [4.78, 5) is 24.1. The normalized spacial score (nSPS) is 23.1. The molecular formula is C19H22N6O6. The molecule has 3 aromatic rings. The Morgan fingerprint density at radius 3 is 2.77 bits per heavy atom. The van der Waals surface area contributed by atoms with Gasteiger partial charge in [-0.3, -0.25) is 4.57 Å². The molecule has 4 rings (SSSR count). The summed E-state index contributed by atoms with van der Waals surface area (Å²) >= 11 is 0. The molecule has 1 fully saturated rings. The second-order valence-electron chi connectivity index (χ2n) is 6.93. The van der Waals surface area contributed by atoms with Crippen LogP contribution in [0.15, 0.2) is 30.9 Å². The van der Waals surface area contributed by atoms with Gasteiger partial charge in [0.1, 0.15) is 23.9 Å². The molecule has 1 aliphatic heterocycles. The van der Waals surface area contributed by atoms with Crippen molar-refractivity contribution in [3.8, 4) is 11.5 Å². The molecule has 1 aromatic carbocycles. The van der Waals surface area contributed by atoms with Gasteiger partial charge in [0.05, 0.1) is 26.6 Å². The van der Waals surface area contributed by atoms with Gasteiger partial charge >= 0.3 is 5.97 Å². The van der Waals surface area contributed by atoms with Gasteiger partial charge in [0.25, 0.3) is 0 Å². The van der Waals surface area contributed by atoms with Crippen LogP contribution in [0.2, 0.25) is 0 Å². The molecule has 31 heavy (non-hydrogen) atoms. The number of benzene rings is 1. The summed E-state index contributed by atoms with van der Waals surface area (Å²) in [5.74, 6) is 0.564. The first-order chi connectivity index (χ1) is 14.9. The smallest absolute Gasteiger partial charge is 0.334 e. The number of carboxylic acids is 1. The van der Waals surface area contributed by atoms with Crippen molar-refractivity contribution in [1.29, 1.82) is 0 Å². The highest BCUT2D eigenvalue weighted by molar-refractivity contribution is 5.82. The molecule has 0 spiro atoms. The number of aliphatic carboxylic acids is 1. The first kappa shape index (κ1) is 20.8. The molecule has 12 nitrogen and oxygen atoms in total. The van der Waals surface area contributed by atoms with Gasteiger partial charge in [0.2, 0.25) is 0 Å². The number of carbonyl (C=O) groups is 1. The summed E-state index contributed by atoms with van der Waals surface area (Å²) < 4.78 is 17.6. The van der Waals surface area contributed by atoms with Crippen molar-refractivity contribution in [2.24, 2.45) is 5.73 Å². The molecule has 3 heterocycles. The van der Waals surface area contributed by atoms with Gasteiger partial charge in [-0.05, 0) is 18.2 Å². The number of aromatic nitrogens is 4. The number of ether oxygens (including phenoxy) is 3. The number of hydrogen-bond acceptors (Lipinski definition) is 10. The largest absolute Gasteiger partial charge is 0.497 e. The van der Waals surface area contributed by atoms with Crippen LogP contribution in [0.4, 0.5) is 5.82 Å².